The number of ether oxygens (including phenoxy) is 1. The van der Waals surface area contributed by atoms with Gasteiger partial charge in [0.25, 0.3) is 0 Å². The molecule has 2 aromatic carbocycles. The van der Waals surface area contributed by atoms with E-state index in [1.54, 1.807) is 13.4 Å². The van der Waals surface area contributed by atoms with Crippen LogP contribution >= 0.6 is 0 Å². The summed E-state index contributed by atoms with van der Waals surface area (Å²) in [5.74, 6) is 1.60. The summed E-state index contributed by atoms with van der Waals surface area (Å²) in [5.41, 5.74) is 4.66. The van der Waals surface area contributed by atoms with Crippen LogP contribution in [-0.4, -0.2) is 47.0 Å². The Balaban J connectivity index is 1.40. The zero-order valence-electron chi connectivity index (χ0n) is 18.6. The molecule has 1 N–H and O–H groups in total. The molecule has 2 aliphatic heterocycles. The minimum Gasteiger partial charge on any atom is -0.495 e. The van der Waals surface area contributed by atoms with E-state index in [0.717, 1.165) is 47.2 Å². The SMILES string of the molecule is COc1cc(/C=C/C2=NOC3(c4ccc(C)cc4)CNCCN23)ccc1-n1cnc(C)c1. The van der Waals surface area contributed by atoms with E-state index >= 15 is 0 Å². The maximum absolute atomic E-state index is 6.06. The molecule has 7 heteroatoms. The Morgan fingerprint density at radius 3 is 2.72 bits per heavy atom. The molecule has 0 spiro atoms. The van der Waals surface area contributed by atoms with Crippen molar-refractivity contribution in [3.8, 4) is 11.4 Å². The number of amidine groups is 1. The number of benzene rings is 2. The van der Waals surface area contributed by atoms with Gasteiger partial charge in [-0.3, -0.25) is 0 Å². The summed E-state index contributed by atoms with van der Waals surface area (Å²) in [5, 5.41) is 7.90. The third-order valence-electron chi connectivity index (χ3n) is 6.00. The monoisotopic (exact) mass is 429 g/mol. The topological polar surface area (TPSA) is 63.9 Å². The number of aromatic nitrogens is 2. The first-order valence-electron chi connectivity index (χ1n) is 10.8. The minimum absolute atomic E-state index is 0.605. The van der Waals surface area contributed by atoms with Crippen molar-refractivity contribution in [2.75, 3.05) is 26.7 Å². The molecule has 1 fully saturated rings. The molecule has 3 aromatic rings. The van der Waals surface area contributed by atoms with Gasteiger partial charge in [-0.25, -0.2) is 4.98 Å². The number of nitrogens with zero attached hydrogens (tertiary/aromatic N) is 4. The highest BCUT2D eigenvalue weighted by atomic mass is 16.7. The molecule has 1 aromatic heterocycles. The molecule has 3 heterocycles. The van der Waals surface area contributed by atoms with E-state index in [-0.39, 0.29) is 0 Å². The molecule has 0 saturated carbocycles. The van der Waals surface area contributed by atoms with Gasteiger partial charge in [-0.15, -0.1) is 0 Å². The molecular formula is C25H27N5O2. The zero-order valence-corrected chi connectivity index (χ0v) is 18.6. The summed E-state index contributed by atoms with van der Waals surface area (Å²) in [6, 6.07) is 14.6. The fourth-order valence-electron chi connectivity index (χ4n) is 4.26. The summed E-state index contributed by atoms with van der Waals surface area (Å²) in [6.45, 7) is 6.45. The van der Waals surface area contributed by atoms with Crippen molar-refractivity contribution in [1.29, 1.82) is 0 Å². The Bertz CT molecular complexity index is 1180. The Morgan fingerprint density at radius 2 is 1.97 bits per heavy atom. The average molecular weight is 430 g/mol. The standard InChI is InChI=1S/C25H27N5O2/c1-18-4-8-21(9-5-18)25-16-26-12-13-30(25)24(28-32-25)11-7-20-6-10-22(23(14-20)31-3)29-15-19(2)27-17-29/h4-11,14-15,17,26H,12-13,16H2,1-3H3/b11-7+. The largest absolute Gasteiger partial charge is 0.495 e. The highest BCUT2D eigenvalue weighted by Gasteiger charge is 2.48. The number of methoxy groups -OCH3 is 1. The number of imidazole rings is 1. The highest BCUT2D eigenvalue weighted by Crippen LogP contribution is 2.37. The van der Waals surface area contributed by atoms with E-state index in [0.29, 0.717) is 6.54 Å². The third kappa shape index (κ3) is 3.54. The van der Waals surface area contributed by atoms with Gasteiger partial charge < -0.3 is 24.4 Å². The second-order valence-electron chi connectivity index (χ2n) is 8.21. The normalized spacial score (nSPS) is 20.2. The van der Waals surface area contributed by atoms with Crippen molar-refractivity contribution in [3.05, 3.63) is 83.4 Å². The van der Waals surface area contributed by atoms with Crippen molar-refractivity contribution < 1.29 is 9.57 Å². The first kappa shape index (κ1) is 20.3. The van der Waals surface area contributed by atoms with Crippen molar-refractivity contribution >= 4 is 11.9 Å². The number of fused-ring (bicyclic) bond motifs is 1. The van der Waals surface area contributed by atoms with Crippen LogP contribution < -0.4 is 10.1 Å². The van der Waals surface area contributed by atoms with Crippen LogP contribution in [-0.2, 0) is 10.6 Å². The first-order valence-corrected chi connectivity index (χ1v) is 10.8. The maximum Gasteiger partial charge on any atom is 0.249 e. The zero-order chi connectivity index (χ0) is 22.1. The number of hydrogen-bond acceptors (Lipinski definition) is 6. The fraction of sp³-hybridized carbons (Fsp3) is 0.280. The lowest BCUT2D eigenvalue weighted by atomic mass is 9.97. The number of hydrogen-bond donors (Lipinski definition) is 1. The lowest BCUT2D eigenvalue weighted by Gasteiger charge is -2.41. The van der Waals surface area contributed by atoms with Crippen molar-refractivity contribution in [3.63, 3.8) is 0 Å². The van der Waals surface area contributed by atoms with Gasteiger partial charge in [0.1, 0.15) is 5.75 Å². The van der Waals surface area contributed by atoms with Crippen molar-refractivity contribution in [1.82, 2.24) is 19.8 Å². The summed E-state index contributed by atoms with van der Waals surface area (Å²) in [7, 11) is 1.68. The fourth-order valence-corrected chi connectivity index (χ4v) is 4.26. The Kier molecular flexibility index (Phi) is 5.19. The van der Waals surface area contributed by atoms with E-state index in [1.807, 2.05) is 42.0 Å². The number of nitrogens with one attached hydrogen (secondary N) is 1. The van der Waals surface area contributed by atoms with Crippen LogP contribution in [0.5, 0.6) is 5.75 Å². The van der Waals surface area contributed by atoms with E-state index in [9.17, 15) is 0 Å². The van der Waals surface area contributed by atoms with Gasteiger partial charge in [0.2, 0.25) is 5.72 Å². The van der Waals surface area contributed by atoms with E-state index < -0.39 is 5.72 Å². The third-order valence-corrected chi connectivity index (χ3v) is 6.00. The molecule has 1 unspecified atom stereocenters. The Morgan fingerprint density at radius 1 is 1.12 bits per heavy atom. The second-order valence-corrected chi connectivity index (χ2v) is 8.21. The number of piperazine rings is 1. The van der Waals surface area contributed by atoms with Crippen LogP contribution in [0, 0.1) is 13.8 Å². The number of oxime groups is 1. The van der Waals surface area contributed by atoms with Gasteiger partial charge in [-0.05, 0) is 37.6 Å². The van der Waals surface area contributed by atoms with Gasteiger partial charge in [-0.2, -0.15) is 0 Å². The predicted octanol–water partition coefficient (Wildman–Crippen LogP) is 3.61. The molecule has 0 aliphatic carbocycles. The molecule has 1 atom stereocenters. The van der Waals surface area contributed by atoms with Crippen LogP contribution in [0.3, 0.4) is 0 Å². The van der Waals surface area contributed by atoms with Crippen LogP contribution in [0.25, 0.3) is 11.8 Å². The lowest BCUT2D eigenvalue weighted by Crippen LogP contribution is -2.58. The molecule has 7 nitrogen and oxygen atoms in total. The molecule has 1 saturated heterocycles. The molecule has 0 bridgehead atoms. The Hall–Kier alpha value is -3.58. The van der Waals surface area contributed by atoms with Gasteiger partial charge in [-0.1, -0.05) is 47.1 Å². The van der Waals surface area contributed by atoms with Crippen molar-refractivity contribution in [2.24, 2.45) is 5.16 Å². The predicted molar refractivity (Wildman–Crippen MR) is 125 cm³/mol. The second kappa shape index (κ2) is 8.16. The van der Waals surface area contributed by atoms with Gasteiger partial charge in [0.15, 0.2) is 5.84 Å². The van der Waals surface area contributed by atoms with Gasteiger partial charge in [0.05, 0.1) is 31.4 Å². The van der Waals surface area contributed by atoms with E-state index in [1.165, 1.54) is 5.56 Å². The van der Waals surface area contributed by atoms with Gasteiger partial charge in [0, 0.05) is 24.8 Å². The molecule has 0 radical (unpaired) electrons. The van der Waals surface area contributed by atoms with Gasteiger partial charge >= 0.3 is 0 Å². The van der Waals surface area contributed by atoms with E-state index in [4.69, 9.17) is 9.57 Å². The summed E-state index contributed by atoms with van der Waals surface area (Å²) >= 11 is 0. The number of rotatable bonds is 5. The quantitative estimate of drug-likeness (QED) is 0.671. The lowest BCUT2D eigenvalue weighted by molar-refractivity contribution is -0.115. The molecular weight excluding hydrogens is 402 g/mol. The summed E-state index contributed by atoms with van der Waals surface area (Å²) in [6.07, 6.45) is 7.83. The molecule has 32 heavy (non-hydrogen) atoms. The number of aryl methyl sites for hydroxylation is 2. The first-order chi connectivity index (χ1) is 15.6. The van der Waals surface area contributed by atoms with Crippen LogP contribution in [0.2, 0.25) is 0 Å². The van der Waals surface area contributed by atoms with Crippen LogP contribution in [0.1, 0.15) is 22.4 Å². The molecule has 0 amide bonds. The summed E-state index contributed by atoms with van der Waals surface area (Å²) < 4.78 is 7.60. The van der Waals surface area contributed by atoms with Crippen LogP contribution in [0.15, 0.2) is 66.2 Å². The van der Waals surface area contributed by atoms with Crippen LogP contribution in [0.4, 0.5) is 0 Å². The summed E-state index contributed by atoms with van der Waals surface area (Å²) in [4.78, 5) is 12.6. The maximum atomic E-state index is 6.06. The molecule has 164 valence electrons. The molecule has 2 aliphatic rings. The minimum atomic E-state index is -0.605. The van der Waals surface area contributed by atoms with E-state index in [2.05, 4.69) is 57.6 Å². The molecule has 5 rings (SSSR count). The smallest absolute Gasteiger partial charge is 0.249 e. The van der Waals surface area contributed by atoms with Crippen molar-refractivity contribution in [2.45, 2.75) is 19.6 Å². The highest BCUT2D eigenvalue weighted by molar-refractivity contribution is 5.97. The Labute approximate surface area is 188 Å². The average Bonchev–Trinajstić information content (AvgIpc) is 3.42.